The molecule has 0 amide bonds. The molecule has 41 heavy (non-hydrogen) atoms. The van der Waals surface area contributed by atoms with Crippen molar-refractivity contribution in [2.75, 3.05) is 6.54 Å². The van der Waals surface area contributed by atoms with Crippen LogP contribution in [0, 0.1) is 12.8 Å². The van der Waals surface area contributed by atoms with Gasteiger partial charge < -0.3 is 29.5 Å². The van der Waals surface area contributed by atoms with E-state index in [1.807, 2.05) is 38.1 Å². The highest BCUT2D eigenvalue weighted by Crippen LogP contribution is 2.45. The zero-order valence-electron chi connectivity index (χ0n) is 24.6. The number of phenols is 1. The van der Waals surface area contributed by atoms with Crippen molar-refractivity contribution in [3.8, 4) is 11.5 Å². The number of aromatic hydroxyl groups is 1. The predicted molar refractivity (Wildman–Crippen MR) is 155 cm³/mol. The molecule has 0 saturated carbocycles. The van der Waals surface area contributed by atoms with E-state index in [1.54, 1.807) is 19.9 Å². The molecular weight excluding hydrogens is 524 g/mol. The van der Waals surface area contributed by atoms with Crippen LogP contribution in [0.15, 0.2) is 45.6 Å². The van der Waals surface area contributed by atoms with Crippen LogP contribution >= 0.6 is 0 Å². The smallest absolute Gasteiger partial charge is 0.341 e. The second kappa shape index (κ2) is 10.8. The fourth-order valence-electron chi connectivity index (χ4n) is 5.39. The normalized spacial score (nSPS) is 23.6. The summed E-state index contributed by atoms with van der Waals surface area (Å²) in [5.41, 5.74) is 6.64. The molecule has 0 aliphatic carbocycles. The summed E-state index contributed by atoms with van der Waals surface area (Å²) in [5, 5.41) is 14.4. The van der Waals surface area contributed by atoms with Crippen molar-refractivity contribution in [3.63, 3.8) is 0 Å². The van der Waals surface area contributed by atoms with E-state index in [1.165, 1.54) is 6.07 Å². The van der Waals surface area contributed by atoms with Gasteiger partial charge in [-0.2, -0.15) is 0 Å². The number of ether oxygens (including phenoxy) is 3. The number of fused-ring (bicyclic) bond motifs is 2. The van der Waals surface area contributed by atoms with E-state index >= 15 is 0 Å². The third kappa shape index (κ3) is 5.84. The third-order valence-electron chi connectivity index (χ3n) is 8.13. The van der Waals surface area contributed by atoms with Gasteiger partial charge in [-0.15, -0.1) is 0 Å². The Morgan fingerprint density at radius 2 is 1.98 bits per heavy atom. The summed E-state index contributed by atoms with van der Waals surface area (Å²) in [5.74, 6) is 0.716. The summed E-state index contributed by atoms with van der Waals surface area (Å²) in [7, 11) is 0. The minimum absolute atomic E-state index is 0.0809. The number of nitrogens with one attached hydrogen (secondary N) is 1. The van der Waals surface area contributed by atoms with E-state index in [2.05, 4.69) is 19.2 Å². The zero-order chi connectivity index (χ0) is 29.7. The predicted octanol–water partition coefficient (Wildman–Crippen LogP) is 4.43. The van der Waals surface area contributed by atoms with Crippen molar-refractivity contribution in [1.82, 2.24) is 5.32 Å². The van der Waals surface area contributed by atoms with Crippen LogP contribution in [-0.4, -0.2) is 41.0 Å². The maximum Gasteiger partial charge on any atom is 0.341 e. The lowest BCUT2D eigenvalue weighted by Crippen LogP contribution is -2.50. The number of nitrogens with two attached hydrogens (primary N) is 1. The Morgan fingerprint density at radius 1 is 1.22 bits per heavy atom. The Morgan fingerprint density at radius 3 is 2.71 bits per heavy atom. The molecule has 1 fully saturated rings. The number of esters is 1. The Kier molecular flexibility index (Phi) is 7.65. The maximum absolute atomic E-state index is 13.4. The molecule has 2 aliphatic heterocycles. The van der Waals surface area contributed by atoms with E-state index in [9.17, 15) is 14.7 Å². The number of benzene rings is 2. The fraction of sp³-hybridized carbons (Fsp3) is 0.500. The van der Waals surface area contributed by atoms with Crippen LogP contribution in [0.1, 0.15) is 69.7 Å². The van der Waals surface area contributed by atoms with Crippen LogP contribution in [0.4, 0.5) is 0 Å². The second-order valence-corrected chi connectivity index (χ2v) is 12.4. The average Bonchev–Trinajstić information content (AvgIpc) is 3.54. The van der Waals surface area contributed by atoms with E-state index in [4.69, 9.17) is 24.4 Å². The SMILES string of the molecule is Cc1cc(=O)c2c(O)c3c(cc2o1)OC(C)(C)C(OC(=O)C1(C)OC1Cc1cccc(C(N)NCCC(C)C)c1)C3. The van der Waals surface area contributed by atoms with Gasteiger partial charge in [-0.25, -0.2) is 4.79 Å². The lowest BCUT2D eigenvalue weighted by Gasteiger charge is -2.39. The molecule has 4 unspecified atom stereocenters. The van der Waals surface area contributed by atoms with E-state index in [0.717, 1.165) is 24.1 Å². The van der Waals surface area contributed by atoms with Crippen molar-refractivity contribution in [3.05, 3.63) is 69.1 Å². The molecule has 1 saturated heterocycles. The second-order valence-electron chi connectivity index (χ2n) is 12.4. The molecule has 1 aromatic heterocycles. The van der Waals surface area contributed by atoms with Crippen LogP contribution in [0.2, 0.25) is 0 Å². The van der Waals surface area contributed by atoms with Gasteiger partial charge in [-0.05, 0) is 57.7 Å². The van der Waals surface area contributed by atoms with Gasteiger partial charge in [-0.3, -0.25) is 10.1 Å². The van der Waals surface area contributed by atoms with Gasteiger partial charge in [0.05, 0.1) is 6.17 Å². The average molecular weight is 565 g/mol. The monoisotopic (exact) mass is 564 g/mol. The number of aryl methyl sites for hydroxylation is 1. The Hall–Kier alpha value is -3.40. The standard InChI is InChI=1S/C32H40N2O7/c1-17(2)10-11-34-29(33)20-9-7-8-19(13-20)14-26-32(6,41-26)30(37)39-25-15-21-23(40-31(25,4)5)16-24-27(28(21)36)22(35)12-18(3)38-24/h7-9,12-13,16-17,25-26,29,34,36H,10-11,14-15,33H2,1-6H3. The van der Waals surface area contributed by atoms with Crippen LogP contribution in [0.25, 0.3) is 11.0 Å². The van der Waals surface area contributed by atoms with Crippen LogP contribution in [0.5, 0.6) is 11.5 Å². The summed E-state index contributed by atoms with van der Waals surface area (Å²) in [6, 6.07) is 10.9. The highest BCUT2D eigenvalue weighted by atomic mass is 16.7. The third-order valence-corrected chi connectivity index (χ3v) is 8.13. The molecule has 2 aliphatic rings. The molecule has 9 nitrogen and oxygen atoms in total. The number of rotatable bonds is 9. The molecule has 4 atom stereocenters. The molecule has 5 rings (SSSR count). The number of carbonyl (C=O) groups excluding carboxylic acids is 1. The van der Waals surface area contributed by atoms with Crippen LogP contribution in [-0.2, 0) is 27.1 Å². The molecule has 0 radical (unpaired) electrons. The zero-order valence-corrected chi connectivity index (χ0v) is 24.6. The van der Waals surface area contributed by atoms with Crippen LogP contribution < -0.4 is 21.2 Å². The first kappa shape index (κ1) is 29.1. The molecular formula is C32H40N2O7. The Labute approximate surface area is 240 Å². The Balaban J connectivity index is 1.27. The highest BCUT2D eigenvalue weighted by Gasteiger charge is 2.60. The van der Waals surface area contributed by atoms with Crippen molar-refractivity contribution in [2.45, 2.75) is 90.4 Å². The lowest BCUT2D eigenvalue weighted by atomic mass is 9.89. The molecule has 0 bridgehead atoms. The molecule has 9 heteroatoms. The van der Waals surface area contributed by atoms with Gasteiger partial charge in [0.15, 0.2) is 11.0 Å². The number of phenolic OH excluding ortho intramolecular Hbond substituents is 1. The van der Waals surface area contributed by atoms with E-state index in [0.29, 0.717) is 29.4 Å². The van der Waals surface area contributed by atoms with Gasteiger partial charge in [0.2, 0.25) is 0 Å². The van der Waals surface area contributed by atoms with Crippen molar-refractivity contribution in [2.24, 2.45) is 11.7 Å². The molecule has 4 N–H and O–H groups in total. The summed E-state index contributed by atoms with van der Waals surface area (Å²) in [6.07, 6.45) is 0.416. The quantitative estimate of drug-likeness (QED) is 0.196. The number of hydrogen-bond acceptors (Lipinski definition) is 9. The van der Waals surface area contributed by atoms with Gasteiger partial charge in [-0.1, -0.05) is 38.1 Å². The minimum Gasteiger partial charge on any atom is -0.507 e. The largest absolute Gasteiger partial charge is 0.507 e. The van der Waals surface area contributed by atoms with E-state index < -0.39 is 23.3 Å². The summed E-state index contributed by atoms with van der Waals surface area (Å²) >= 11 is 0. The first-order valence-electron chi connectivity index (χ1n) is 14.2. The van der Waals surface area contributed by atoms with Crippen LogP contribution in [0.3, 0.4) is 0 Å². The van der Waals surface area contributed by atoms with Crippen molar-refractivity contribution >= 4 is 16.9 Å². The number of hydrogen-bond donors (Lipinski definition) is 3. The summed E-state index contributed by atoms with van der Waals surface area (Å²) in [6.45, 7) is 12.2. The number of epoxide rings is 1. The van der Waals surface area contributed by atoms with Crippen molar-refractivity contribution < 1.29 is 28.5 Å². The summed E-state index contributed by atoms with van der Waals surface area (Å²) < 4.78 is 23.7. The van der Waals surface area contributed by atoms with Gasteiger partial charge in [0.25, 0.3) is 0 Å². The molecule has 220 valence electrons. The van der Waals surface area contributed by atoms with Gasteiger partial charge in [0, 0.05) is 30.5 Å². The minimum atomic E-state index is -1.10. The van der Waals surface area contributed by atoms with E-state index in [-0.39, 0.29) is 40.8 Å². The molecule has 2 aromatic carbocycles. The molecule has 0 spiro atoms. The van der Waals surface area contributed by atoms with Crippen molar-refractivity contribution in [1.29, 1.82) is 0 Å². The number of carbonyl (C=O) groups is 1. The highest BCUT2D eigenvalue weighted by molar-refractivity contribution is 5.87. The summed E-state index contributed by atoms with van der Waals surface area (Å²) in [4.78, 5) is 25.9. The van der Waals surface area contributed by atoms with Gasteiger partial charge >= 0.3 is 5.97 Å². The molecule has 3 heterocycles. The lowest BCUT2D eigenvalue weighted by molar-refractivity contribution is -0.166. The first-order chi connectivity index (χ1) is 19.3. The molecule has 3 aromatic rings. The fourth-order valence-corrected chi connectivity index (χ4v) is 5.39. The topological polar surface area (TPSA) is 137 Å². The first-order valence-corrected chi connectivity index (χ1v) is 14.2. The van der Waals surface area contributed by atoms with Gasteiger partial charge in [0.1, 0.15) is 46.0 Å². The Bertz CT molecular complexity index is 1530. The maximum atomic E-state index is 13.4.